The Hall–Kier alpha value is -0.910. The molecule has 0 bridgehead atoms. The van der Waals surface area contributed by atoms with Gasteiger partial charge in [-0.25, -0.2) is 4.98 Å². The van der Waals surface area contributed by atoms with Crippen molar-refractivity contribution in [3.63, 3.8) is 0 Å². The van der Waals surface area contributed by atoms with Crippen LogP contribution in [0, 0.1) is 0 Å². The number of nitrogens with one attached hydrogen (secondary N) is 2. The topological polar surface area (TPSA) is 47.2 Å². The van der Waals surface area contributed by atoms with Gasteiger partial charge in [-0.3, -0.25) is 0 Å². The van der Waals surface area contributed by atoms with E-state index >= 15 is 0 Å². The third kappa shape index (κ3) is 3.16. The first-order valence-electron chi connectivity index (χ1n) is 7.35. The monoisotopic (exact) mass is 263 g/mol. The van der Waals surface area contributed by atoms with Crippen LogP contribution in [0.15, 0.2) is 6.20 Å². The second-order valence-electron chi connectivity index (χ2n) is 6.15. The van der Waals surface area contributed by atoms with E-state index in [0.29, 0.717) is 12.0 Å². The molecule has 0 saturated carbocycles. The van der Waals surface area contributed by atoms with Crippen LogP contribution in [0.4, 0.5) is 0 Å². The lowest BCUT2D eigenvalue weighted by Crippen LogP contribution is -2.50. The number of rotatable bonds is 3. The molecule has 3 rings (SSSR count). The van der Waals surface area contributed by atoms with Gasteiger partial charge in [0.25, 0.3) is 0 Å². The molecule has 19 heavy (non-hydrogen) atoms. The Morgan fingerprint density at radius 2 is 2.11 bits per heavy atom. The van der Waals surface area contributed by atoms with Crippen LogP contribution < -0.4 is 5.32 Å². The van der Waals surface area contributed by atoms with E-state index in [0.717, 1.165) is 38.4 Å². The zero-order valence-corrected chi connectivity index (χ0v) is 12.0. The molecule has 2 atom stereocenters. The Labute approximate surface area is 115 Å². The summed E-state index contributed by atoms with van der Waals surface area (Å²) in [6.07, 6.45) is 4.31. The lowest BCUT2D eigenvalue weighted by molar-refractivity contribution is 0.236. The minimum atomic E-state index is 0.531. The molecular formula is C14H25N5. The van der Waals surface area contributed by atoms with Crippen molar-refractivity contribution in [2.45, 2.75) is 24.8 Å². The molecule has 5 nitrogen and oxygen atoms in total. The molecule has 5 heteroatoms. The summed E-state index contributed by atoms with van der Waals surface area (Å²) < 4.78 is 0. The standard InChI is InChI=1S/C14H25N5/c1-18-5-3-11(9-18)13-8-16-14(17-13)7-12-10-19(2)6-4-15-12/h8,11-12,15H,3-7,9-10H2,1-2H3,(H,16,17). The van der Waals surface area contributed by atoms with E-state index in [4.69, 9.17) is 0 Å². The number of H-pyrrole nitrogens is 1. The van der Waals surface area contributed by atoms with Crippen LogP contribution in [-0.4, -0.2) is 72.6 Å². The molecule has 1 aromatic heterocycles. The Bertz CT molecular complexity index is 416. The van der Waals surface area contributed by atoms with Crippen molar-refractivity contribution in [3.05, 3.63) is 17.7 Å². The highest BCUT2D eigenvalue weighted by molar-refractivity contribution is 5.11. The van der Waals surface area contributed by atoms with E-state index in [2.05, 4.69) is 39.2 Å². The van der Waals surface area contributed by atoms with Crippen molar-refractivity contribution in [2.24, 2.45) is 0 Å². The second-order valence-corrected chi connectivity index (χ2v) is 6.15. The van der Waals surface area contributed by atoms with E-state index in [9.17, 15) is 0 Å². The zero-order valence-electron chi connectivity index (χ0n) is 12.0. The summed E-state index contributed by atoms with van der Waals surface area (Å²) >= 11 is 0. The molecule has 0 radical (unpaired) electrons. The quantitative estimate of drug-likeness (QED) is 0.822. The van der Waals surface area contributed by atoms with Gasteiger partial charge in [0, 0.05) is 56.5 Å². The van der Waals surface area contributed by atoms with Crippen molar-refractivity contribution in [1.82, 2.24) is 25.1 Å². The van der Waals surface area contributed by atoms with E-state index in [1.807, 2.05) is 6.20 Å². The van der Waals surface area contributed by atoms with Crippen molar-refractivity contribution in [1.29, 1.82) is 0 Å². The van der Waals surface area contributed by atoms with Crippen molar-refractivity contribution in [3.8, 4) is 0 Å². The number of aromatic nitrogens is 2. The van der Waals surface area contributed by atoms with Gasteiger partial charge in [0.05, 0.1) is 0 Å². The van der Waals surface area contributed by atoms with Gasteiger partial charge in [-0.05, 0) is 27.1 Å². The lowest BCUT2D eigenvalue weighted by Gasteiger charge is -2.30. The van der Waals surface area contributed by atoms with Gasteiger partial charge >= 0.3 is 0 Å². The second kappa shape index (κ2) is 5.61. The fraction of sp³-hybridized carbons (Fsp3) is 0.786. The molecule has 2 saturated heterocycles. The van der Waals surface area contributed by atoms with E-state index in [-0.39, 0.29) is 0 Å². The molecule has 2 unspecified atom stereocenters. The molecule has 0 aliphatic carbocycles. The minimum Gasteiger partial charge on any atom is -0.346 e. The van der Waals surface area contributed by atoms with Gasteiger partial charge in [0.2, 0.25) is 0 Å². The van der Waals surface area contributed by atoms with Gasteiger partial charge in [-0.1, -0.05) is 0 Å². The number of imidazole rings is 1. The first-order chi connectivity index (χ1) is 9.20. The number of hydrogen-bond donors (Lipinski definition) is 2. The van der Waals surface area contributed by atoms with Crippen molar-refractivity contribution in [2.75, 3.05) is 46.8 Å². The summed E-state index contributed by atoms with van der Waals surface area (Å²) in [5.41, 5.74) is 1.32. The molecule has 0 spiro atoms. The Kier molecular flexibility index (Phi) is 3.86. The Balaban J connectivity index is 1.58. The average Bonchev–Trinajstić information content (AvgIpc) is 2.98. The van der Waals surface area contributed by atoms with Gasteiger partial charge in [0.1, 0.15) is 5.82 Å². The van der Waals surface area contributed by atoms with Gasteiger partial charge in [-0.2, -0.15) is 0 Å². The summed E-state index contributed by atoms with van der Waals surface area (Å²) in [6.45, 7) is 5.71. The summed E-state index contributed by atoms with van der Waals surface area (Å²) in [7, 11) is 4.38. The maximum absolute atomic E-state index is 4.57. The lowest BCUT2D eigenvalue weighted by atomic mass is 10.1. The van der Waals surface area contributed by atoms with Crippen LogP contribution in [0.1, 0.15) is 23.9 Å². The maximum Gasteiger partial charge on any atom is 0.107 e. The third-order valence-corrected chi connectivity index (χ3v) is 4.38. The molecule has 2 fully saturated rings. The smallest absolute Gasteiger partial charge is 0.107 e. The van der Waals surface area contributed by atoms with Crippen molar-refractivity contribution < 1.29 is 0 Å². The SMILES string of the molecule is CN1CCNC(Cc2ncc(C3CCN(C)C3)[nH]2)C1. The van der Waals surface area contributed by atoms with Crippen LogP contribution in [0.25, 0.3) is 0 Å². The van der Waals surface area contributed by atoms with E-state index in [1.165, 1.54) is 18.7 Å². The number of hydrogen-bond acceptors (Lipinski definition) is 4. The largest absolute Gasteiger partial charge is 0.346 e. The predicted molar refractivity (Wildman–Crippen MR) is 76.4 cm³/mol. The molecule has 2 N–H and O–H groups in total. The highest BCUT2D eigenvalue weighted by atomic mass is 15.2. The molecule has 3 heterocycles. The maximum atomic E-state index is 4.57. The predicted octanol–water partition coefficient (Wildman–Crippen LogP) is 0.275. The number of likely N-dealkylation sites (tertiary alicyclic amines) is 1. The summed E-state index contributed by atoms with van der Waals surface area (Å²) in [5.74, 6) is 1.78. The first-order valence-corrected chi connectivity index (χ1v) is 7.35. The fourth-order valence-corrected chi connectivity index (χ4v) is 3.24. The Morgan fingerprint density at radius 1 is 1.26 bits per heavy atom. The van der Waals surface area contributed by atoms with Gasteiger partial charge in [0.15, 0.2) is 0 Å². The average molecular weight is 263 g/mol. The normalized spacial score (nSPS) is 30.0. The number of aromatic amines is 1. The van der Waals surface area contributed by atoms with Crippen LogP contribution in [0.2, 0.25) is 0 Å². The summed E-state index contributed by atoms with van der Waals surface area (Å²) in [6, 6.07) is 0.531. The van der Waals surface area contributed by atoms with Gasteiger partial charge in [-0.15, -0.1) is 0 Å². The summed E-state index contributed by atoms with van der Waals surface area (Å²) in [5, 5.41) is 3.57. The fourth-order valence-electron chi connectivity index (χ4n) is 3.24. The van der Waals surface area contributed by atoms with Crippen LogP contribution in [-0.2, 0) is 6.42 Å². The van der Waals surface area contributed by atoms with Crippen LogP contribution >= 0.6 is 0 Å². The van der Waals surface area contributed by atoms with Crippen LogP contribution in [0.5, 0.6) is 0 Å². The minimum absolute atomic E-state index is 0.531. The van der Waals surface area contributed by atoms with Crippen LogP contribution in [0.3, 0.4) is 0 Å². The molecular weight excluding hydrogens is 238 g/mol. The highest BCUT2D eigenvalue weighted by Gasteiger charge is 2.23. The molecule has 1 aromatic rings. The molecule has 106 valence electrons. The molecule has 0 aromatic carbocycles. The number of piperazine rings is 1. The molecule has 2 aliphatic rings. The zero-order chi connectivity index (χ0) is 13.2. The van der Waals surface area contributed by atoms with Gasteiger partial charge < -0.3 is 20.1 Å². The highest BCUT2D eigenvalue weighted by Crippen LogP contribution is 2.24. The third-order valence-electron chi connectivity index (χ3n) is 4.38. The Morgan fingerprint density at radius 3 is 2.84 bits per heavy atom. The summed E-state index contributed by atoms with van der Waals surface area (Å²) in [4.78, 5) is 12.9. The van der Waals surface area contributed by atoms with E-state index in [1.54, 1.807) is 0 Å². The van der Waals surface area contributed by atoms with E-state index < -0.39 is 0 Å². The molecule has 2 aliphatic heterocycles. The number of likely N-dealkylation sites (N-methyl/N-ethyl adjacent to an activating group) is 2. The van der Waals surface area contributed by atoms with Crippen molar-refractivity contribution >= 4 is 0 Å². The number of nitrogens with zero attached hydrogens (tertiary/aromatic N) is 3. The molecule has 0 amide bonds. The first kappa shape index (κ1) is 13.1.